The highest BCUT2D eigenvalue weighted by Gasteiger charge is 2.15. The van der Waals surface area contributed by atoms with Gasteiger partial charge in [-0.25, -0.2) is 0 Å². The zero-order valence-electron chi connectivity index (χ0n) is 13.2. The van der Waals surface area contributed by atoms with Crippen LogP contribution in [0.2, 0.25) is 0 Å². The molecule has 0 bridgehead atoms. The maximum Gasteiger partial charge on any atom is 0.248 e. The zero-order chi connectivity index (χ0) is 16.1. The molecule has 1 saturated carbocycles. The fraction of sp³-hybridized carbons (Fsp3) is 0.333. The number of hydrogen-bond donors (Lipinski definition) is 1. The van der Waals surface area contributed by atoms with Crippen molar-refractivity contribution in [3.05, 3.63) is 48.3 Å². The lowest BCUT2D eigenvalue weighted by atomic mass is 10.3. The summed E-state index contributed by atoms with van der Waals surface area (Å²) in [6, 6.07) is 8.10. The minimum atomic E-state index is -0.134. The molecule has 0 spiro atoms. The molecule has 0 unspecified atom stereocenters. The van der Waals surface area contributed by atoms with Crippen LogP contribution in [-0.4, -0.2) is 20.9 Å². The highest BCUT2D eigenvalue weighted by molar-refractivity contribution is 8.00. The summed E-state index contributed by atoms with van der Waals surface area (Å²) in [5.74, 6) is -0.134. The Morgan fingerprint density at radius 3 is 2.70 bits per heavy atom. The van der Waals surface area contributed by atoms with Crippen LogP contribution in [0.3, 0.4) is 0 Å². The molecule has 4 nitrogen and oxygen atoms in total. The number of amides is 1. The average Bonchev–Trinajstić information content (AvgIpc) is 3.19. The number of rotatable bonds is 5. The number of aromatic nitrogens is 2. The van der Waals surface area contributed by atoms with E-state index in [9.17, 15) is 4.79 Å². The Morgan fingerprint density at radius 2 is 2.04 bits per heavy atom. The van der Waals surface area contributed by atoms with Gasteiger partial charge in [0.15, 0.2) is 0 Å². The molecule has 1 fully saturated rings. The first-order valence-electron chi connectivity index (χ1n) is 7.93. The van der Waals surface area contributed by atoms with E-state index in [1.807, 2.05) is 37.1 Å². The predicted molar refractivity (Wildman–Crippen MR) is 95.4 cm³/mol. The first-order valence-corrected chi connectivity index (χ1v) is 8.81. The van der Waals surface area contributed by atoms with Gasteiger partial charge in [0, 0.05) is 40.7 Å². The predicted octanol–water partition coefficient (Wildman–Crippen LogP) is 4.11. The van der Waals surface area contributed by atoms with E-state index in [0.717, 1.165) is 16.5 Å². The van der Waals surface area contributed by atoms with Crippen molar-refractivity contribution in [1.82, 2.24) is 9.78 Å². The molecule has 120 valence electrons. The second kappa shape index (κ2) is 7.51. The van der Waals surface area contributed by atoms with Gasteiger partial charge >= 0.3 is 0 Å². The minimum absolute atomic E-state index is 0.134. The van der Waals surface area contributed by atoms with Crippen LogP contribution in [0.5, 0.6) is 0 Å². The average molecular weight is 327 g/mol. The number of carbonyl (C=O) groups excluding carboxylic acids is 1. The fourth-order valence-corrected chi connectivity index (χ4v) is 3.94. The van der Waals surface area contributed by atoms with Crippen LogP contribution >= 0.6 is 11.8 Å². The van der Waals surface area contributed by atoms with Crippen molar-refractivity contribution >= 4 is 29.4 Å². The third kappa shape index (κ3) is 4.73. The Morgan fingerprint density at radius 1 is 1.30 bits per heavy atom. The smallest absolute Gasteiger partial charge is 0.248 e. The second-order valence-corrected chi connectivity index (χ2v) is 7.19. The first kappa shape index (κ1) is 15.9. The topological polar surface area (TPSA) is 46.9 Å². The highest BCUT2D eigenvalue weighted by atomic mass is 32.2. The Labute approximate surface area is 141 Å². The molecule has 0 atom stereocenters. The highest BCUT2D eigenvalue weighted by Crippen LogP contribution is 2.34. The molecule has 1 heterocycles. The van der Waals surface area contributed by atoms with Gasteiger partial charge in [0.25, 0.3) is 0 Å². The third-order valence-electron chi connectivity index (χ3n) is 3.88. The van der Waals surface area contributed by atoms with Crippen molar-refractivity contribution in [2.75, 3.05) is 5.32 Å². The summed E-state index contributed by atoms with van der Waals surface area (Å²) in [5, 5.41) is 7.70. The molecule has 1 N–H and O–H groups in total. The number of hydrogen-bond acceptors (Lipinski definition) is 3. The standard InChI is InChI=1S/C18H21N3OS/c1-21-13-14(12-19-21)6-11-18(22)20-15-7-9-17(10-8-15)23-16-4-2-3-5-16/h6-13,16H,2-5H2,1H3,(H,20,22)/b11-6+. The number of anilines is 1. The molecule has 1 aliphatic carbocycles. The molecule has 0 saturated heterocycles. The number of aryl methyl sites for hydroxylation is 1. The van der Waals surface area contributed by atoms with E-state index in [1.54, 1.807) is 17.0 Å². The molecule has 1 amide bonds. The normalized spacial score (nSPS) is 15.3. The summed E-state index contributed by atoms with van der Waals surface area (Å²) in [6.07, 6.45) is 12.2. The van der Waals surface area contributed by atoms with Crippen molar-refractivity contribution in [2.24, 2.45) is 7.05 Å². The second-order valence-electron chi connectivity index (χ2n) is 5.82. The summed E-state index contributed by atoms with van der Waals surface area (Å²) in [7, 11) is 1.85. The van der Waals surface area contributed by atoms with Crippen molar-refractivity contribution in [1.29, 1.82) is 0 Å². The van der Waals surface area contributed by atoms with Gasteiger partial charge in [-0.15, -0.1) is 11.8 Å². The van der Waals surface area contributed by atoms with Gasteiger partial charge in [-0.05, 0) is 43.2 Å². The Bertz CT molecular complexity index is 685. The van der Waals surface area contributed by atoms with Gasteiger partial charge in [-0.3, -0.25) is 9.48 Å². The van der Waals surface area contributed by atoms with Crippen LogP contribution in [0, 0.1) is 0 Å². The summed E-state index contributed by atoms with van der Waals surface area (Å²) >= 11 is 1.95. The third-order valence-corrected chi connectivity index (χ3v) is 5.23. The van der Waals surface area contributed by atoms with Crippen LogP contribution in [0.15, 0.2) is 47.6 Å². The summed E-state index contributed by atoms with van der Waals surface area (Å²) in [4.78, 5) is 13.2. The maximum atomic E-state index is 11.9. The SMILES string of the molecule is Cn1cc(/C=C/C(=O)Nc2ccc(SC3CCCC3)cc2)cn1. The van der Waals surface area contributed by atoms with Crippen LogP contribution in [0.4, 0.5) is 5.69 Å². The van der Waals surface area contributed by atoms with E-state index in [4.69, 9.17) is 0 Å². The number of benzene rings is 1. The zero-order valence-corrected chi connectivity index (χ0v) is 14.1. The molecule has 0 aliphatic heterocycles. The molecule has 1 aromatic carbocycles. The lowest BCUT2D eigenvalue weighted by Crippen LogP contribution is -2.07. The van der Waals surface area contributed by atoms with Gasteiger partial charge < -0.3 is 5.32 Å². The van der Waals surface area contributed by atoms with E-state index >= 15 is 0 Å². The van der Waals surface area contributed by atoms with Gasteiger partial charge in [0.1, 0.15) is 0 Å². The van der Waals surface area contributed by atoms with E-state index in [-0.39, 0.29) is 5.91 Å². The van der Waals surface area contributed by atoms with E-state index in [0.29, 0.717) is 0 Å². The van der Waals surface area contributed by atoms with E-state index in [1.165, 1.54) is 36.7 Å². The summed E-state index contributed by atoms with van der Waals surface area (Å²) in [6.45, 7) is 0. The van der Waals surface area contributed by atoms with Gasteiger partial charge in [0.2, 0.25) is 5.91 Å². The monoisotopic (exact) mass is 327 g/mol. The van der Waals surface area contributed by atoms with Crippen molar-refractivity contribution in [2.45, 2.75) is 35.8 Å². The lowest BCUT2D eigenvalue weighted by Gasteiger charge is -2.09. The summed E-state index contributed by atoms with van der Waals surface area (Å²) in [5.41, 5.74) is 1.73. The van der Waals surface area contributed by atoms with Crippen molar-refractivity contribution in [3.63, 3.8) is 0 Å². The van der Waals surface area contributed by atoms with Crippen molar-refractivity contribution in [3.8, 4) is 0 Å². The molecule has 0 radical (unpaired) electrons. The summed E-state index contributed by atoms with van der Waals surface area (Å²) < 4.78 is 1.71. The van der Waals surface area contributed by atoms with Gasteiger partial charge in [0.05, 0.1) is 6.20 Å². The number of nitrogens with zero attached hydrogens (tertiary/aromatic N) is 2. The largest absolute Gasteiger partial charge is 0.323 e. The van der Waals surface area contributed by atoms with Gasteiger partial charge in [-0.2, -0.15) is 5.10 Å². The van der Waals surface area contributed by atoms with Crippen LogP contribution in [-0.2, 0) is 11.8 Å². The first-order chi connectivity index (χ1) is 11.2. The minimum Gasteiger partial charge on any atom is -0.323 e. The molecular weight excluding hydrogens is 306 g/mol. The molecule has 1 aromatic heterocycles. The number of nitrogens with one attached hydrogen (secondary N) is 1. The van der Waals surface area contributed by atoms with Crippen LogP contribution in [0.25, 0.3) is 6.08 Å². The van der Waals surface area contributed by atoms with Crippen LogP contribution < -0.4 is 5.32 Å². The molecule has 1 aliphatic rings. The number of carbonyl (C=O) groups is 1. The lowest BCUT2D eigenvalue weighted by molar-refractivity contribution is -0.111. The Hall–Kier alpha value is -2.01. The maximum absolute atomic E-state index is 11.9. The molecule has 5 heteroatoms. The fourth-order valence-electron chi connectivity index (χ4n) is 2.70. The van der Waals surface area contributed by atoms with E-state index < -0.39 is 0 Å². The quantitative estimate of drug-likeness (QED) is 0.841. The molecule has 3 rings (SSSR count). The van der Waals surface area contributed by atoms with Crippen LogP contribution in [0.1, 0.15) is 31.2 Å². The molecule has 23 heavy (non-hydrogen) atoms. The van der Waals surface area contributed by atoms with E-state index in [2.05, 4.69) is 22.5 Å². The van der Waals surface area contributed by atoms with Crippen molar-refractivity contribution < 1.29 is 4.79 Å². The Balaban J connectivity index is 1.52. The number of thioether (sulfide) groups is 1. The molecular formula is C18H21N3OS. The van der Waals surface area contributed by atoms with Gasteiger partial charge in [-0.1, -0.05) is 12.8 Å². The molecule has 2 aromatic rings. The Kier molecular flexibility index (Phi) is 5.18.